The van der Waals surface area contributed by atoms with E-state index in [0.29, 0.717) is 27.2 Å². The second kappa shape index (κ2) is 6.29. The summed E-state index contributed by atoms with van der Waals surface area (Å²) in [7, 11) is 0. The summed E-state index contributed by atoms with van der Waals surface area (Å²) in [6.07, 6.45) is -0.433. The third-order valence-electron chi connectivity index (χ3n) is 3.65. The van der Waals surface area contributed by atoms with Crippen LogP contribution in [0.25, 0.3) is 22.2 Å². The molecule has 1 heterocycles. The van der Waals surface area contributed by atoms with Crippen LogP contribution < -0.4 is 0 Å². The summed E-state index contributed by atoms with van der Waals surface area (Å²) in [5, 5.41) is 19.8. The number of carboxylic acid groups (broad SMARTS) is 2. The lowest BCUT2D eigenvalue weighted by Crippen LogP contribution is -2.12. The Morgan fingerprint density at radius 1 is 1.00 bits per heavy atom. The lowest BCUT2D eigenvalue weighted by Gasteiger charge is -2.14. The molecule has 0 spiro atoms. The minimum Gasteiger partial charge on any atom is -0.481 e. The van der Waals surface area contributed by atoms with Gasteiger partial charge in [-0.15, -0.1) is 0 Å². The van der Waals surface area contributed by atoms with Crippen LogP contribution in [0.3, 0.4) is 0 Å². The summed E-state index contributed by atoms with van der Waals surface area (Å²) in [5.41, 5.74) is 1.59. The highest BCUT2D eigenvalue weighted by Crippen LogP contribution is 2.31. The standard InChI is InChI=1S/C18H12ClNO4/c19-11-7-5-10(6-8-11)17-13(9-15(21)22)16(18(23)24)12-3-1-2-4-14(12)20-17/h1-8H,9H2,(H,21,22)(H,23,24). The van der Waals surface area contributed by atoms with Crippen molar-refractivity contribution in [3.8, 4) is 11.3 Å². The first kappa shape index (κ1) is 16.0. The molecule has 0 aliphatic rings. The first-order valence-electron chi connectivity index (χ1n) is 7.10. The number of hydrogen-bond acceptors (Lipinski definition) is 3. The van der Waals surface area contributed by atoms with Crippen LogP contribution in [0.15, 0.2) is 48.5 Å². The maximum absolute atomic E-state index is 11.8. The van der Waals surface area contributed by atoms with Crippen molar-refractivity contribution < 1.29 is 19.8 Å². The van der Waals surface area contributed by atoms with Gasteiger partial charge in [0.1, 0.15) is 0 Å². The SMILES string of the molecule is O=C(O)Cc1c(-c2ccc(Cl)cc2)nc2ccccc2c1C(=O)O. The van der Waals surface area contributed by atoms with E-state index in [1.807, 2.05) is 0 Å². The van der Waals surface area contributed by atoms with Gasteiger partial charge in [-0.25, -0.2) is 9.78 Å². The minimum absolute atomic E-state index is 0.0343. The number of rotatable bonds is 4. The maximum Gasteiger partial charge on any atom is 0.336 e. The van der Waals surface area contributed by atoms with Crippen molar-refractivity contribution in [2.24, 2.45) is 0 Å². The van der Waals surface area contributed by atoms with Crippen LogP contribution in [-0.4, -0.2) is 27.1 Å². The summed E-state index contributed by atoms with van der Waals surface area (Å²) in [6.45, 7) is 0. The first-order valence-corrected chi connectivity index (χ1v) is 7.48. The monoisotopic (exact) mass is 341 g/mol. The van der Waals surface area contributed by atoms with E-state index in [9.17, 15) is 19.8 Å². The largest absolute Gasteiger partial charge is 0.481 e. The summed E-state index contributed by atoms with van der Waals surface area (Å²) in [4.78, 5) is 27.6. The van der Waals surface area contributed by atoms with Gasteiger partial charge in [0.25, 0.3) is 0 Å². The molecule has 0 amide bonds. The van der Waals surface area contributed by atoms with Crippen LogP contribution in [0.1, 0.15) is 15.9 Å². The Kier molecular flexibility index (Phi) is 4.18. The fraction of sp³-hybridized carbons (Fsp3) is 0.0556. The third kappa shape index (κ3) is 2.94. The van der Waals surface area contributed by atoms with E-state index < -0.39 is 18.4 Å². The molecule has 2 N–H and O–H groups in total. The van der Waals surface area contributed by atoms with Gasteiger partial charge in [0, 0.05) is 21.5 Å². The number of halogens is 1. The normalized spacial score (nSPS) is 10.7. The predicted molar refractivity (Wildman–Crippen MR) is 90.5 cm³/mol. The number of aromatic carboxylic acids is 1. The van der Waals surface area contributed by atoms with Gasteiger partial charge in [0.15, 0.2) is 0 Å². The lowest BCUT2D eigenvalue weighted by atomic mass is 9.94. The predicted octanol–water partition coefficient (Wildman–Crippen LogP) is 3.88. The number of aromatic nitrogens is 1. The highest BCUT2D eigenvalue weighted by atomic mass is 35.5. The Bertz CT molecular complexity index is 951. The number of benzene rings is 2. The third-order valence-corrected chi connectivity index (χ3v) is 3.90. The molecule has 3 rings (SSSR count). The number of carbonyl (C=O) groups is 2. The van der Waals surface area contributed by atoms with Crippen LogP contribution in [0.2, 0.25) is 5.02 Å². The van der Waals surface area contributed by atoms with Crippen molar-refractivity contribution in [1.29, 1.82) is 0 Å². The molecule has 0 fully saturated rings. The zero-order chi connectivity index (χ0) is 17.3. The van der Waals surface area contributed by atoms with E-state index in [1.54, 1.807) is 48.5 Å². The molecule has 120 valence electrons. The van der Waals surface area contributed by atoms with Crippen molar-refractivity contribution in [3.63, 3.8) is 0 Å². The topological polar surface area (TPSA) is 87.5 Å². The first-order chi connectivity index (χ1) is 11.5. The highest BCUT2D eigenvalue weighted by Gasteiger charge is 2.22. The van der Waals surface area contributed by atoms with Crippen LogP contribution in [0, 0.1) is 0 Å². The molecular formula is C18H12ClNO4. The average Bonchev–Trinajstić information content (AvgIpc) is 2.54. The van der Waals surface area contributed by atoms with Gasteiger partial charge in [-0.3, -0.25) is 4.79 Å². The Morgan fingerprint density at radius 2 is 1.67 bits per heavy atom. The van der Waals surface area contributed by atoms with Gasteiger partial charge in [-0.1, -0.05) is 41.9 Å². The Hall–Kier alpha value is -2.92. The van der Waals surface area contributed by atoms with Crippen LogP contribution in [0.4, 0.5) is 0 Å². The van der Waals surface area contributed by atoms with Gasteiger partial charge in [-0.05, 0) is 18.2 Å². The zero-order valence-electron chi connectivity index (χ0n) is 12.4. The molecule has 3 aromatic rings. The van der Waals surface area contributed by atoms with Crippen LogP contribution in [-0.2, 0) is 11.2 Å². The number of pyridine rings is 1. The molecule has 0 bridgehead atoms. The Morgan fingerprint density at radius 3 is 2.29 bits per heavy atom. The van der Waals surface area contributed by atoms with Gasteiger partial charge < -0.3 is 10.2 Å². The van der Waals surface area contributed by atoms with E-state index in [-0.39, 0.29) is 11.1 Å². The number of nitrogens with zero attached hydrogens (tertiary/aromatic N) is 1. The molecule has 2 aromatic carbocycles. The molecule has 0 radical (unpaired) electrons. The summed E-state index contributed by atoms with van der Waals surface area (Å²) < 4.78 is 0. The number of aliphatic carboxylic acids is 1. The van der Waals surface area contributed by atoms with Gasteiger partial charge in [0.2, 0.25) is 0 Å². The second-order valence-corrected chi connectivity index (χ2v) is 5.65. The van der Waals surface area contributed by atoms with Crippen LogP contribution >= 0.6 is 11.6 Å². The van der Waals surface area contributed by atoms with E-state index >= 15 is 0 Å². The van der Waals surface area contributed by atoms with Gasteiger partial charge in [-0.2, -0.15) is 0 Å². The quantitative estimate of drug-likeness (QED) is 0.751. The molecule has 0 unspecified atom stereocenters. The van der Waals surface area contributed by atoms with Gasteiger partial charge in [0.05, 0.1) is 23.2 Å². The molecular weight excluding hydrogens is 330 g/mol. The fourth-order valence-corrected chi connectivity index (χ4v) is 2.79. The molecule has 0 aliphatic carbocycles. The Labute approximate surface area is 142 Å². The van der Waals surface area contributed by atoms with Gasteiger partial charge >= 0.3 is 11.9 Å². The molecule has 1 aromatic heterocycles. The molecule has 6 heteroatoms. The summed E-state index contributed by atoms with van der Waals surface area (Å²) in [6, 6.07) is 13.5. The second-order valence-electron chi connectivity index (χ2n) is 5.21. The molecule has 0 aliphatic heterocycles. The van der Waals surface area contributed by atoms with Crippen molar-refractivity contribution in [2.75, 3.05) is 0 Å². The smallest absolute Gasteiger partial charge is 0.336 e. The highest BCUT2D eigenvalue weighted by molar-refractivity contribution is 6.30. The molecule has 0 saturated heterocycles. The number of hydrogen-bond donors (Lipinski definition) is 2. The van der Waals surface area contributed by atoms with Crippen LogP contribution in [0.5, 0.6) is 0 Å². The van der Waals surface area contributed by atoms with Crippen molar-refractivity contribution in [2.45, 2.75) is 6.42 Å². The van der Waals surface area contributed by atoms with Crippen molar-refractivity contribution in [3.05, 3.63) is 64.7 Å². The average molecular weight is 342 g/mol. The minimum atomic E-state index is -1.18. The molecule has 24 heavy (non-hydrogen) atoms. The molecule has 5 nitrogen and oxygen atoms in total. The van der Waals surface area contributed by atoms with E-state index in [2.05, 4.69) is 4.98 Å². The van der Waals surface area contributed by atoms with Crippen molar-refractivity contribution >= 4 is 34.4 Å². The number of carboxylic acids is 2. The summed E-state index contributed by atoms with van der Waals surface area (Å²) in [5.74, 6) is -2.30. The van der Waals surface area contributed by atoms with E-state index in [4.69, 9.17) is 11.6 Å². The number of fused-ring (bicyclic) bond motifs is 1. The van der Waals surface area contributed by atoms with E-state index in [0.717, 1.165) is 0 Å². The molecule has 0 atom stereocenters. The fourth-order valence-electron chi connectivity index (χ4n) is 2.67. The zero-order valence-corrected chi connectivity index (χ0v) is 13.1. The molecule has 0 saturated carbocycles. The lowest BCUT2D eigenvalue weighted by molar-refractivity contribution is -0.136. The number of para-hydroxylation sites is 1. The maximum atomic E-state index is 11.8. The summed E-state index contributed by atoms with van der Waals surface area (Å²) >= 11 is 5.89. The Balaban J connectivity index is 2.40. The van der Waals surface area contributed by atoms with E-state index in [1.165, 1.54) is 0 Å². The van der Waals surface area contributed by atoms with Crippen molar-refractivity contribution in [1.82, 2.24) is 4.98 Å².